The van der Waals surface area contributed by atoms with Crippen LogP contribution in [0.5, 0.6) is 0 Å². The van der Waals surface area contributed by atoms with E-state index in [-0.39, 0.29) is 17.7 Å². The molecule has 114 valence electrons. The number of amides is 3. The first-order valence-electron chi connectivity index (χ1n) is 7.30. The Balaban J connectivity index is 1.87. The van der Waals surface area contributed by atoms with Gasteiger partial charge in [-0.3, -0.25) is 19.7 Å². The van der Waals surface area contributed by atoms with Crippen molar-refractivity contribution < 1.29 is 14.4 Å². The van der Waals surface area contributed by atoms with Crippen molar-refractivity contribution in [1.82, 2.24) is 10.6 Å². The minimum Gasteiger partial charge on any atom is -0.345 e. The van der Waals surface area contributed by atoms with Gasteiger partial charge in [-0.25, -0.2) is 0 Å². The van der Waals surface area contributed by atoms with Crippen molar-refractivity contribution in [2.75, 3.05) is 0 Å². The highest BCUT2D eigenvalue weighted by molar-refractivity contribution is 6.06. The molecule has 0 saturated carbocycles. The fourth-order valence-electron chi connectivity index (χ4n) is 3.31. The summed E-state index contributed by atoms with van der Waals surface area (Å²) in [5, 5.41) is 5.24. The lowest BCUT2D eigenvalue weighted by molar-refractivity contribution is -0.126. The maximum absolute atomic E-state index is 12.3. The minimum atomic E-state index is -0.555. The highest BCUT2D eigenvalue weighted by atomic mass is 16.2. The second kappa shape index (κ2) is 5.09. The molecule has 1 saturated heterocycles. The molecule has 5 nitrogen and oxygen atoms in total. The predicted molar refractivity (Wildman–Crippen MR) is 80.7 cm³/mol. The standard InChI is InChI=1S/C17H18N2O3/c1-17(2)9-8-11(12-13(17)16(22)19-15(12)21)18-14(20)10-6-4-3-5-7-10/h3-9,11-13H,1-2H3,(H,18,20)(H,19,21,22)/t11-,12-,13+/m1/s1. The molecule has 3 amide bonds. The smallest absolute Gasteiger partial charge is 0.251 e. The van der Waals surface area contributed by atoms with Gasteiger partial charge in [-0.05, 0) is 17.5 Å². The van der Waals surface area contributed by atoms with E-state index in [0.717, 1.165) is 0 Å². The van der Waals surface area contributed by atoms with Crippen molar-refractivity contribution in [3.05, 3.63) is 48.0 Å². The fourth-order valence-corrected chi connectivity index (χ4v) is 3.31. The summed E-state index contributed by atoms with van der Waals surface area (Å²) >= 11 is 0. The Morgan fingerprint density at radius 1 is 1.14 bits per heavy atom. The van der Waals surface area contributed by atoms with Gasteiger partial charge in [0.1, 0.15) is 0 Å². The van der Waals surface area contributed by atoms with Crippen LogP contribution < -0.4 is 10.6 Å². The largest absolute Gasteiger partial charge is 0.345 e. The zero-order chi connectivity index (χ0) is 15.9. The van der Waals surface area contributed by atoms with Crippen molar-refractivity contribution in [3.8, 4) is 0 Å². The van der Waals surface area contributed by atoms with Crippen LogP contribution in [-0.4, -0.2) is 23.8 Å². The van der Waals surface area contributed by atoms with E-state index >= 15 is 0 Å². The average Bonchev–Trinajstić information content (AvgIpc) is 2.79. The Morgan fingerprint density at radius 3 is 2.50 bits per heavy atom. The van der Waals surface area contributed by atoms with Gasteiger partial charge in [0.05, 0.1) is 17.9 Å². The molecule has 0 unspecified atom stereocenters. The van der Waals surface area contributed by atoms with Gasteiger partial charge in [-0.15, -0.1) is 0 Å². The lowest BCUT2D eigenvalue weighted by atomic mass is 9.66. The van der Waals surface area contributed by atoms with Crippen molar-refractivity contribution >= 4 is 17.7 Å². The van der Waals surface area contributed by atoms with Crippen LogP contribution in [-0.2, 0) is 9.59 Å². The first kappa shape index (κ1) is 14.5. The number of benzene rings is 1. The van der Waals surface area contributed by atoms with Crippen LogP contribution in [0.25, 0.3) is 0 Å². The highest BCUT2D eigenvalue weighted by Crippen LogP contribution is 2.42. The zero-order valence-electron chi connectivity index (χ0n) is 12.5. The van der Waals surface area contributed by atoms with E-state index in [1.54, 1.807) is 24.3 Å². The van der Waals surface area contributed by atoms with Gasteiger partial charge in [0.25, 0.3) is 5.91 Å². The van der Waals surface area contributed by atoms with E-state index in [0.29, 0.717) is 5.56 Å². The van der Waals surface area contributed by atoms with E-state index in [4.69, 9.17) is 0 Å². The summed E-state index contributed by atoms with van der Waals surface area (Å²) in [5.41, 5.74) is 0.122. The molecule has 2 N–H and O–H groups in total. The zero-order valence-corrected chi connectivity index (χ0v) is 12.5. The Kier molecular flexibility index (Phi) is 3.35. The number of allylic oxidation sites excluding steroid dienone is 1. The SMILES string of the molecule is CC1(C)C=C[C@@H](NC(=O)c2ccccc2)[C@H]2C(=O)NC(=O)[C@H]21. The van der Waals surface area contributed by atoms with E-state index in [1.165, 1.54) is 0 Å². The molecule has 1 fully saturated rings. The number of nitrogens with one attached hydrogen (secondary N) is 2. The summed E-state index contributed by atoms with van der Waals surface area (Å²) in [5.74, 6) is -1.83. The Morgan fingerprint density at radius 2 is 1.82 bits per heavy atom. The highest BCUT2D eigenvalue weighted by Gasteiger charge is 2.53. The molecular weight excluding hydrogens is 280 g/mol. The Bertz CT molecular complexity index is 664. The second-order valence-corrected chi connectivity index (χ2v) is 6.40. The number of carbonyl (C=O) groups excluding carboxylic acids is 3. The summed E-state index contributed by atoms with van der Waals surface area (Å²) in [6, 6.07) is 8.34. The quantitative estimate of drug-likeness (QED) is 0.638. The first-order chi connectivity index (χ1) is 10.4. The predicted octanol–water partition coefficient (Wildman–Crippen LogP) is 1.27. The van der Waals surface area contributed by atoms with Gasteiger partial charge in [0.2, 0.25) is 11.8 Å². The van der Waals surface area contributed by atoms with Crippen LogP contribution in [0.15, 0.2) is 42.5 Å². The summed E-state index contributed by atoms with van der Waals surface area (Å²) in [6.07, 6.45) is 3.72. The molecule has 1 aliphatic carbocycles. The number of hydrogen-bond donors (Lipinski definition) is 2. The monoisotopic (exact) mass is 298 g/mol. The summed E-state index contributed by atoms with van der Waals surface area (Å²) in [7, 11) is 0. The lowest BCUT2D eigenvalue weighted by Gasteiger charge is -2.37. The molecule has 0 aromatic heterocycles. The van der Waals surface area contributed by atoms with Gasteiger partial charge in [0.15, 0.2) is 0 Å². The van der Waals surface area contributed by atoms with Crippen LogP contribution in [0.4, 0.5) is 0 Å². The van der Waals surface area contributed by atoms with Gasteiger partial charge in [-0.1, -0.05) is 44.2 Å². The number of rotatable bonds is 2. The molecule has 0 radical (unpaired) electrons. The number of fused-ring (bicyclic) bond motifs is 1. The normalized spacial score (nSPS) is 28.9. The molecule has 1 aliphatic heterocycles. The number of carbonyl (C=O) groups is 3. The molecule has 1 aromatic rings. The molecule has 3 atom stereocenters. The third kappa shape index (κ3) is 2.32. The Hall–Kier alpha value is -2.43. The van der Waals surface area contributed by atoms with Crippen LogP contribution in [0, 0.1) is 17.3 Å². The molecule has 0 spiro atoms. The van der Waals surface area contributed by atoms with Crippen molar-refractivity contribution in [2.24, 2.45) is 17.3 Å². The molecule has 22 heavy (non-hydrogen) atoms. The molecule has 1 aromatic carbocycles. The molecule has 1 heterocycles. The van der Waals surface area contributed by atoms with E-state index in [9.17, 15) is 14.4 Å². The minimum absolute atomic E-state index is 0.249. The lowest BCUT2D eigenvalue weighted by Crippen LogP contribution is -2.49. The first-order valence-corrected chi connectivity index (χ1v) is 7.30. The van der Waals surface area contributed by atoms with Crippen molar-refractivity contribution in [2.45, 2.75) is 19.9 Å². The van der Waals surface area contributed by atoms with Crippen molar-refractivity contribution in [3.63, 3.8) is 0 Å². The average molecular weight is 298 g/mol. The number of imide groups is 1. The van der Waals surface area contributed by atoms with Gasteiger partial charge >= 0.3 is 0 Å². The topological polar surface area (TPSA) is 75.3 Å². The third-order valence-electron chi connectivity index (χ3n) is 4.45. The van der Waals surface area contributed by atoms with Crippen LogP contribution in [0.2, 0.25) is 0 Å². The Labute approximate surface area is 128 Å². The van der Waals surface area contributed by atoms with E-state index < -0.39 is 23.3 Å². The second-order valence-electron chi connectivity index (χ2n) is 6.40. The van der Waals surface area contributed by atoms with Gasteiger partial charge in [-0.2, -0.15) is 0 Å². The molecule has 5 heteroatoms. The van der Waals surface area contributed by atoms with Crippen LogP contribution in [0.1, 0.15) is 24.2 Å². The summed E-state index contributed by atoms with van der Waals surface area (Å²) in [4.78, 5) is 36.5. The van der Waals surface area contributed by atoms with E-state index in [2.05, 4.69) is 10.6 Å². The molecular formula is C17H18N2O3. The summed E-state index contributed by atoms with van der Waals surface area (Å²) < 4.78 is 0. The van der Waals surface area contributed by atoms with Crippen LogP contribution in [0.3, 0.4) is 0 Å². The molecule has 3 rings (SSSR count). The molecule has 2 aliphatic rings. The van der Waals surface area contributed by atoms with Crippen LogP contribution >= 0.6 is 0 Å². The fraction of sp³-hybridized carbons (Fsp3) is 0.353. The number of hydrogen-bond acceptors (Lipinski definition) is 3. The van der Waals surface area contributed by atoms with E-state index in [1.807, 2.05) is 32.1 Å². The van der Waals surface area contributed by atoms with Gasteiger partial charge < -0.3 is 5.32 Å². The maximum atomic E-state index is 12.3. The summed E-state index contributed by atoms with van der Waals surface area (Å²) in [6.45, 7) is 3.85. The maximum Gasteiger partial charge on any atom is 0.251 e. The third-order valence-corrected chi connectivity index (χ3v) is 4.45. The molecule has 0 bridgehead atoms. The van der Waals surface area contributed by atoms with Crippen molar-refractivity contribution in [1.29, 1.82) is 0 Å². The van der Waals surface area contributed by atoms with Gasteiger partial charge in [0, 0.05) is 5.56 Å².